The van der Waals surface area contributed by atoms with Gasteiger partial charge in [-0.05, 0) is 41.8 Å². The Morgan fingerprint density at radius 2 is 1.67 bits per heavy atom. The fourth-order valence-corrected chi connectivity index (χ4v) is 1.97. The van der Waals surface area contributed by atoms with E-state index in [-0.39, 0.29) is 5.91 Å². The molecule has 0 fully saturated rings. The second-order valence-corrected chi connectivity index (χ2v) is 4.87. The third-order valence-electron chi connectivity index (χ3n) is 3.27. The van der Waals surface area contributed by atoms with E-state index in [0.29, 0.717) is 13.0 Å². The first kappa shape index (κ1) is 14.9. The number of methoxy groups -OCH3 is 1. The van der Waals surface area contributed by atoms with E-state index < -0.39 is 0 Å². The average Bonchev–Trinajstić information content (AvgIpc) is 2.53. The van der Waals surface area contributed by atoms with E-state index in [1.54, 1.807) is 7.11 Å². The highest BCUT2D eigenvalue weighted by Crippen LogP contribution is 2.12. The molecular formula is C17H20N2O2. The SMILES string of the molecule is COc1ccc(CCC(=O)NCc2ccc(N)cc2)cc1. The molecule has 3 N–H and O–H groups in total. The van der Waals surface area contributed by atoms with Crippen molar-refractivity contribution in [2.24, 2.45) is 0 Å². The fraction of sp³-hybridized carbons (Fsp3) is 0.235. The van der Waals surface area contributed by atoms with E-state index in [4.69, 9.17) is 10.5 Å². The van der Waals surface area contributed by atoms with Crippen LogP contribution in [0.3, 0.4) is 0 Å². The van der Waals surface area contributed by atoms with Gasteiger partial charge in [-0.2, -0.15) is 0 Å². The molecule has 0 aliphatic heterocycles. The summed E-state index contributed by atoms with van der Waals surface area (Å²) in [7, 11) is 1.64. The second kappa shape index (κ2) is 7.33. The highest BCUT2D eigenvalue weighted by molar-refractivity contribution is 5.76. The van der Waals surface area contributed by atoms with Crippen LogP contribution >= 0.6 is 0 Å². The molecule has 4 heteroatoms. The molecule has 0 radical (unpaired) electrons. The Kier molecular flexibility index (Phi) is 5.21. The van der Waals surface area contributed by atoms with Crippen LogP contribution in [0.15, 0.2) is 48.5 Å². The van der Waals surface area contributed by atoms with Crippen LogP contribution in [0.1, 0.15) is 17.5 Å². The zero-order valence-corrected chi connectivity index (χ0v) is 12.1. The predicted molar refractivity (Wildman–Crippen MR) is 84.0 cm³/mol. The van der Waals surface area contributed by atoms with Gasteiger partial charge < -0.3 is 15.8 Å². The molecule has 0 bridgehead atoms. The molecule has 0 saturated carbocycles. The van der Waals surface area contributed by atoms with Gasteiger partial charge >= 0.3 is 0 Å². The molecule has 21 heavy (non-hydrogen) atoms. The molecule has 0 heterocycles. The van der Waals surface area contributed by atoms with Gasteiger partial charge in [0.2, 0.25) is 5.91 Å². The smallest absolute Gasteiger partial charge is 0.220 e. The van der Waals surface area contributed by atoms with Crippen LogP contribution in [0.5, 0.6) is 5.75 Å². The van der Waals surface area contributed by atoms with Crippen LogP contribution in [-0.4, -0.2) is 13.0 Å². The van der Waals surface area contributed by atoms with Crippen LogP contribution < -0.4 is 15.8 Å². The molecule has 0 saturated heterocycles. The maximum absolute atomic E-state index is 11.8. The number of amides is 1. The molecule has 4 nitrogen and oxygen atoms in total. The first-order chi connectivity index (χ1) is 10.2. The highest BCUT2D eigenvalue weighted by Gasteiger charge is 2.03. The van der Waals surface area contributed by atoms with Crippen LogP contribution in [0, 0.1) is 0 Å². The lowest BCUT2D eigenvalue weighted by molar-refractivity contribution is -0.121. The lowest BCUT2D eigenvalue weighted by Crippen LogP contribution is -2.22. The summed E-state index contributed by atoms with van der Waals surface area (Å²) in [5.41, 5.74) is 8.51. The van der Waals surface area contributed by atoms with Gasteiger partial charge in [0.25, 0.3) is 0 Å². The van der Waals surface area contributed by atoms with E-state index >= 15 is 0 Å². The van der Waals surface area contributed by atoms with Gasteiger partial charge in [-0.15, -0.1) is 0 Å². The summed E-state index contributed by atoms with van der Waals surface area (Å²) < 4.78 is 5.10. The summed E-state index contributed by atoms with van der Waals surface area (Å²) in [5, 5.41) is 2.91. The number of carbonyl (C=O) groups excluding carboxylic acids is 1. The van der Waals surface area contributed by atoms with Crippen molar-refractivity contribution in [2.75, 3.05) is 12.8 Å². The molecule has 2 rings (SSSR count). The van der Waals surface area contributed by atoms with E-state index in [2.05, 4.69) is 5.32 Å². The third-order valence-corrected chi connectivity index (χ3v) is 3.27. The molecular weight excluding hydrogens is 264 g/mol. The van der Waals surface area contributed by atoms with Crippen LogP contribution in [0.2, 0.25) is 0 Å². The Hall–Kier alpha value is -2.49. The molecule has 1 amide bonds. The topological polar surface area (TPSA) is 64.3 Å². The Bertz CT molecular complexity index is 577. The molecule has 0 aliphatic rings. The minimum Gasteiger partial charge on any atom is -0.497 e. The van der Waals surface area contributed by atoms with Crippen molar-refractivity contribution < 1.29 is 9.53 Å². The van der Waals surface area contributed by atoms with Gasteiger partial charge in [0.05, 0.1) is 7.11 Å². The Morgan fingerprint density at radius 1 is 1.05 bits per heavy atom. The van der Waals surface area contributed by atoms with Crippen molar-refractivity contribution >= 4 is 11.6 Å². The fourth-order valence-electron chi connectivity index (χ4n) is 1.97. The number of benzene rings is 2. The zero-order valence-electron chi connectivity index (χ0n) is 12.1. The number of carbonyl (C=O) groups is 1. The van der Waals surface area contributed by atoms with Gasteiger partial charge in [0.1, 0.15) is 5.75 Å². The van der Waals surface area contributed by atoms with E-state index in [0.717, 1.165) is 29.0 Å². The van der Waals surface area contributed by atoms with Crippen molar-refractivity contribution in [3.05, 3.63) is 59.7 Å². The Labute approximate surface area is 124 Å². The molecule has 2 aromatic rings. The number of rotatable bonds is 6. The number of nitrogens with one attached hydrogen (secondary N) is 1. The van der Waals surface area contributed by atoms with E-state index in [1.165, 1.54) is 0 Å². The number of hydrogen-bond donors (Lipinski definition) is 2. The average molecular weight is 284 g/mol. The van der Waals surface area contributed by atoms with Crippen LogP contribution in [0.4, 0.5) is 5.69 Å². The van der Waals surface area contributed by atoms with Crippen LogP contribution in [-0.2, 0) is 17.8 Å². The normalized spacial score (nSPS) is 10.1. The van der Waals surface area contributed by atoms with Gasteiger partial charge in [-0.1, -0.05) is 24.3 Å². The van der Waals surface area contributed by atoms with Crippen LogP contribution in [0.25, 0.3) is 0 Å². The first-order valence-corrected chi connectivity index (χ1v) is 6.91. The summed E-state index contributed by atoms with van der Waals surface area (Å²) in [6, 6.07) is 15.3. The maximum atomic E-state index is 11.8. The van der Waals surface area contributed by atoms with Crippen molar-refractivity contribution in [3.63, 3.8) is 0 Å². The lowest BCUT2D eigenvalue weighted by atomic mass is 10.1. The first-order valence-electron chi connectivity index (χ1n) is 6.91. The van der Waals surface area contributed by atoms with Crippen molar-refractivity contribution in [2.45, 2.75) is 19.4 Å². The van der Waals surface area contributed by atoms with Crippen molar-refractivity contribution in [3.8, 4) is 5.75 Å². The molecule has 0 spiro atoms. The molecule has 0 atom stereocenters. The summed E-state index contributed by atoms with van der Waals surface area (Å²) >= 11 is 0. The monoisotopic (exact) mass is 284 g/mol. The number of aryl methyl sites for hydroxylation is 1. The Morgan fingerprint density at radius 3 is 2.29 bits per heavy atom. The number of ether oxygens (including phenoxy) is 1. The second-order valence-electron chi connectivity index (χ2n) is 4.87. The summed E-state index contributed by atoms with van der Waals surface area (Å²) in [4.78, 5) is 11.8. The highest BCUT2D eigenvalue weighted by atomic mass is 16.5. The predicted octanol–water partition coefficient (Wildman–Crippen LogP) is 2.53. The minimum atomic E-state index is 0.0441. The third kappa shape index (κ3) is 4.84. The van der Waals surface area contributed by atoms with Crippen molar-refractivity contribution in [1.29, 1.82) is 0 Å². The molecule has 0 unspecified atom stereocenters. The molecule has 0 aliphatic carbocycles. The van der Waals surface area contributed by atoms with Gasteiger partial charge in [-0.3, -0.25) is 4.79 Å². The van der Waals surface area contributed by atoms with Crippen molar-refractivity contribution in [1.82, 2.24) is 5.32 Å². The number of anilines is 1. The number of nitrogen functional groups attached to an aromatic ring is 1. The van der Waals surface area contributed by atoms with Gasteiger partial charge in [0, 0.05) is 18.7 Å². The summed E-state index contributed by atoms with van der Waals surface area (Å²) in [6.07, 6.45) is 1.19. The number of nitrogens with two attached hydrogens (primary N) is 1. The molecule has 110 valence electrons. The summed E-state index contributed by atoms with van der Waals surface area (Å²) in [6.45, 7) is 0.529. The largest absolute Gasteiger partial charge is 0.497 e. The number of hydrogen-bond acceptors (Lipinski definition) is 3. The van der Waals surface area contributed by atoms with Gasteiger partial charge in [0.15, 0.2) is 0 Å². The lowest BCUT2D eigenvalue weighted by Gasteiger charge is -2.06. The quantitative estimate of drug-likeness (QED) is 0.801. The maximum Gasteiger partial charge on any atom is 0.220 e. The minimum absolute atomic E-state index is 0.0441. The Balaban J connectivity index is 1.75. The molecule has 0 aromatic heterocycles. The standard InChI is InChI=1S/C17H20N2O2/c1-21-16-9-4-13(5-10-16)6-11-17(20)19-12-14-2-7-15(18)8-3-14/h2-5,7-10H,6,11-12,18H2,1H3,(H,19,20). The molecule has 2 aromatic carbocycles. The summed E-state index contributed by atoms with van der Waals surface area (Å²) in [5.74, 6) is 0.870. The van der Waals surface area contributed by atoms with Gasteiger partial charge in [-0.25, -0.2) is 0 Å². The van der Waals surface area contributed by atoms with E-state index in [9.17, 15) is 4.79 Å². The van der Waals surface area contributed by atoms with E-state index in [1.807, 2.05) is 48.5 Å². The zero-order chi connectivity index (χ0) is 15.1.